The van der Waals surface area contributed by atoms with Gasteiger partial charge in [0.2, 0.25) is 0 Å². The van der Waals surface area contributed by atoms with Gasteiger partial charge in [0, 0.05) is 6.04 Å². The molecular formula is C10H20N2. The molecule has 0 radical (unpaired) electrons. The molecule has 0 fully saturated rings. The monoisotopic (exact) mass is 168 g/mol. The Bertz CT molecular complexity index is 162. The molecule has 2 atom stereocenters. The third kappa shape index (κ3) is 3.73. The van der Waals surface area contributed by atoms with Gasteiger partial charge in [-0.15, -0.1) is 0 Å². The van der Waals surface area contributed by atoms with Crippen LogP contribution >= 0.6 is 0 Å². The molecule has 12 heavy (non-hydrogen) atoms. The molecule has 0 aromatic heterocycles. The molecule has 0 saturated carbocycles. The highest BCUT2D eigenvalue weighted by molar-refractivity contribution is 4.98. The first-order valence-electron chi connectivity index (χ1n) is 4.57. The van der Waals surface area contributed by atoms with Crippen LogP contribution in [0, 0.1) is 16.7 Å². The number of hydrogen-bond donors (Lipinski definition) is 1. The van der Waals surface area contributed by atoms with E-state index in [1.54, 1.807) is 0 Å². The van der Waals surface area contributed by atoms with Gasteiger partial charge in [-0.25, -0.2) is 0 Å². The molecule has 0 aliphatic rings. The summed E-state index contributed by atoms with van der Waals surface area (Å²) in [6, 6.07) is 2.67. The van der Waals surface area contributed by atoms with Gasteiger partial charge in [-0.05, 0) is 18.8 Å². The van der Waals surface area contributed by atoms with Gasteiger partial charge in [-0.1, -0.05) is 27.7 Å². The van der Waals surface area contributed by atoms with Gasteiger partial charge in [-0.3, -0.25) is 5.32 Å². The zero-order chi connectivity index (χ0) is 9.78. The van der Waals surface area contributed by atoms with Gasteiger partial charge in [0.05, 0.1) is 6.07 Å². The van der Waals surface area contributed by atoms with Crippen LogP contribution in [-0.4, -0.2) is 12.1 Å². The average Bonchev–Trinajstić information content (AvgIpc) is 1.97. The molecule has 0 aromatic carbocycles. The summed E-state index contributed by atoms with van der Waals surface area (Å²) in [5.41, 5.74) is 0.0260. The largest absolute Gasteiger partial charge is 0.299 e. The summed E-state index contributed by atoms with van der Waals surface area (Å²) in [4.78, 5) is 0. The van der Waals surface area contributed by atoms with E-state index in [-0.39, 0.29) is 11.5 Å². The molecule has 0 saturated heterocycles. The average molecular weight is 168 g/mol. The molecule has 0 aliphatic heterocycles. The van der Waals surface area contributed by atoms with E-state index in [1.165, 1.54) is 0 Å². The maximum absolute atomic E-state index is 8.89. The molecule has 0 aromatic rings. The Labute approximate surface area is 76.0 Å². The Morgan fingerprint density at radius 3 is 2.17 bits per heavy atom. The van der Waals surface area contributed by atoms with Gasteiger partial charge in [0.15, 0.2) is 0 Å². The third-order valence-corrected chi connectivity index (χ3v) is 2.06. The molecule has 0 aliphatic carbocycles. The minimum atomic E-state index is -0.0487. The molecule has 0 rings (SSSR count). The summed E-state index contributed by atoms with van der Waals surface area (Å²) in [6.45, 7) is 10.5. The minimum Gasteiger partial charge on any atom is -0.299 e. The molecular weight excluding hydrogens is 148 g/mol. The predicted molar refractivity (Wildman–Crippen MR) is 51.7 cm³/mol. The number of rotatable bonds is 3. The molecule has 0 amide bonds. The summed E-state index contributed by atoms with van der Waals surface area (Å²) in [5, 5.41) is 12.2. The molecule has 70 valence electrons. The lowest BCUT2D eigenvalue weighted by atomic mass is 9.87. The van der Waals surface area contributed by atoms with Crippen molar-refractivity contribution < 1.29 is 0 Å². The van der Waals surface area contributed by atoms with Gasteiger partial charge in [0.1, 0.15) is 6.04 Å². The maximum atomic E-state index is 8.89. The van der Waals surface area contributed by atoms with Crippen LogP contribution < -0.4 is 5.32 Å². The van der Waals surface area contributed by atoms with Crippen molar-refractivity contribution in [2.75, 3.05) is 0 Å². The van der Waals surface area contributed by atoms with E-state index in [9.17, 15) is 0 Å². The van der Waals surface area contributed by atoms with Crippen LogP contribution in [0.4, 0.5) is 0 Å². The molecule has 2 nitrogen and oxygen atoms in total. The van der Waals surface area contributed by atoms with E-state index in [0.29, 0.717) is 6.04 Å². The normalized spacial score (nSPS) is 16.7. The lowest BCUT2D eigenvalue weighted by Crippen LogP contribution is -2.43. The van der Waals surface area contributed by atoms with Crippen LogP contribution in [0.25, 0.3) is 0 Å². The van der Waals surface area contributed by atoms with E-state index in [4.69, 9.17) is 5.26 Å². The Balaban J connectivity index is 4.12. The van der Waals surface area contributed by atoms with Crippen molar-refractivity contribution in [3.63, 3.8) is 0 Å². The van der Waals surface area contributed by atoms with Gasteiger partial charge >= 0.3 is 0 Å². The molecule has 2 unspecified atom stereocenters. The first-order valence-corrected chi connectivity index (χ1v) is 4.57. The van der Waals surface area contributed by atoms with Gasteiger partial charge < -0.3 is 0 Å². The van der Waals surface area contributed by atoms with Crippen molar-refractivity contribution in [1.82, 2.24) is 5.32 Å². The highest BCUT2D eigenvalue weighted by atomic mass is 15.0. The van der Waals surface area contributed by atoms with E-state index in [1.807, 2.05) is 0 Å². The Hall–Kier alpha value is -0.550. The van der Waals surface area contributed by atoms with Crippen molar-refractivity contribution in [3.05, 3.63) is 0 Å². The second kappa shape index (κ2) is 4.47. The highest BCUT2D eigenvalue weighted by Crippen LogP contribution is 2.19. The molecule has 0 heterocycles. The molecule has 0 bridgehead atoms. The second-order valence-electron chi connectivity index (χ2n) is 4.40. The smallest absolute Gasteiger partial charge is 0.100 e. The fraction of sp³-hybridized carbons (Fsp3) is 0.900. The van der Waals surface area contributed by atoms with Crippen molar-refractivity contribution >= 4 is 0 Å². The van der Waals surface area contributed by atoms with Crippen molar-refractivity contribution in [1.29, 1.82) is 5.26 Å². The standard InChI is InChI=1S/C10H20N2/c1-6-8(2)12-9(7-11)10(3,4)5/h8-9,12H,6H2,1-5H3. The van der Waals surface area contributed by atoms with Crippen molar-refractivity contribution in [2.24, 2.45) is 5.41 Å². The fourth-order valence-electron chi connectivity index (χ4n) is 0.883. The van der Waals surface area contributed by atoms with E-state index < -0.39 is 0 Å². The van der Waals surface area contributed by atoms with Crippen LogP contribution in [0.15, 0.2) is 0 Å². The molecule has 0 spiro atoms. The highest BCUT2D eigenvalue weighted by Gasteiger charge is 2.24. The minimum absolute atomic E-state index is 0.0260. The third-order valence-electron chi connectivity index (χ3n) is 2.06. The van der Waals surface area contributed by atoms with E-state index >= 15 is 0 Å². The van der Waals surface area contributed by atoms with Gasteiger partial charge in [0.25, 0.3) is 0 Å². The molecule has 2 heteroatoms. The fourth-order valence-corrected chi connectivity index (χ4v) is 0.883. The number of hydrogen-bond acceptors (Lipinski definition) is 2. The number of nitriles is 1. The van der Waals surface area contributed by atoms with E-state index in [0.717, 1.165) is 6.42 Å². The van der Waals surface area contributed by atoms with Crippen LogP contribution in [0.5, 0.6) is 0 Å². The zero-order valence-electron chi connectivity index (χ0n) is 8.81. The first-order chi connectivity index (χ1) is 5.41. The van der Waals surface area contributed by atoms with Crippen molar-refractivity contribution in [3.8, 4) is 6.07 Å². The topological polar surface area (TPSA) is 35.8 Å². The molecule has 1 N–H and O–H groups in total. The summed E-state index contributed by atoms with van der Waals surface area (Å²) in [7, 11) is 0. The predicted octanol–water partition coefficient (Wildman–Crippen LogP) is 2.31. The van der Waals surface area contributed by atoms with Crippen molar-refractivity contribution in [2.45, 2.75) is 53.1 Å². The lowest BCUT2D eigenvalue weighted by molar-refractivity contribution is 0.296. The maximum Gasteiger partial charge on any atom is 0.100 e. The lowest BCUT2D eigenvalue weighted by Gasteiger charge is -2.28. The Morgan fingerprint density at radius 1 is 1.42 bits per heavy atom. The summed E-state index contributed by atoms with van der Waals surface area (Å²) in [5.74, 6) is 0. The Kier molecular flexibility index (Phi) is 4.26. The quantitative estimate of drug-likeness (QED) is 0.702. The van der Waals surface area contributed by atoms with E-state index in [2.05, 4.69) is 46.0 Å². The number of nitrogens with zero attached hydrogens (tertiary/aromatic N) is 1. The zero-order valence-corrected chi connectivity index (χ0v) is 8.81. The van der Waals surface area contributed by atoms with Gasteiger partial charge in [-0.2, -0.15) is 5.26 Å². The SMILES string of the molecule is CCC(C)NC(C#N)C(C)(C)C. The Morgan fingerprint density at radius 2 is 1.92 bits per heavy atom. The number of nitrogens with one attached hydrogen (secondary N) is 1. The summed E-state index contributed by atoms with van der Waals surface area (Å²) in [6.07, 6.45) is 1.06. The van der Waals surface area contributed by atoms with Crippen LogP contribution in [0.1, 0.15) is 41.0 Å². The van der Waals surface area contributed by atoms with Crippen LogP contribution in [0.2, 0.25) is 0 Å². The first kappa shape index (κ1) is 11.4. The summed E-state index contributed by atoms with van der Waals surface area (Å²) >= 11 is 0. The van der Waals surface area contributed by atoms with Crippen LogP contribution in [0.3, 0.4) is 0 Å². The summed E-state index contributed by atoms with van der Waals surface area (Å²) < 4.78 is 0. The van der Waals surface area contributed by atoms with Crippen LogP contribution in [-0.2, 0) is 0 Å². The second-order valence-corrected chi connectivity index (χ2v) is 4.40.